The number of nitrogens with zero attached hydrogens (tertiary/aromatic N) is 2. The first kappa shape index (κ1) is 40.2. The van der Waals surface area contributed by atoms with Gasteiger partial charge in [-0.15, -0.1) is 11.3 Å². The van der Waals surface area contributed by atoms with E-state index in [2.05, 4.69) is 15.4 Å². The Hall–Kier alpha value is -4.51. The molecule has 17 heteroatoms. The number of hydrogen-bond acceptors (Lipinski definition) is 10. The average Bonchev–Trinajstić information content (AvgIpc) is 3.39. The minimum absolute atomic E-state index is 0.0120. The number of sulfonamides is 1. The van der Waals surface area contributed by atoms with Crippen LogP contribution in [0.1, 0.15) is 86.6 Å². The van der Waals surface area contributed by atoms with Gasteiger partial charge in [-0.25, -0.2) is 27.1 Å². The van der Waals surface area contributed by atoms with Crippen molar-refractivity contribution in [2.24, 2.45) is 5.92 Å². The van der Waals surface area contributed by atoms with E-state index in [-0.39, 0.29) is 43.8 Å². The minimum Gasteiger partial charge on any atom is -0.444 e. The summed E-state index contributed by atoms with van der Waals surface area (Å²) in [6, 6.07) is 3.72. The lowest BCUT2D eigenvalue weighted by Gasteiger charge is -2.30. The number of aryl methyl sites for hydroxylation is 2. The van der Waals surface area contributed by atoms with Crippen molar-refractivity contribution in [3.8, 4) is 0 Å². The summed E-state index contributed by atoms with van der Waals surface area (Å²) in [6.07, 6.45) is 4.00. The molecule has 3 N–H and O–H groups in total. The molecule has 1 saturated heterocycles. The molecule has 6 rings (SSSR count). The Morgan fingerprint density at radius 2 is 1.85 bits per heavy atom. The summed E-state index contributed by atoms with van der Waals surface area (Å²) in [6.45, 7) is 8.37. The number of hydrogen-bond donors (Lipinski definition) is 3. The Morgan fingerprint density at radius 3 is 2.55 bits per heavy atom. The Bertz CT molecular complexity index is 2010. The number of allylic oxidation sites excluding steroid dienone is 1. The number of alkyl carbamates (subject to hydrolysis) is 1. The number of thiophene rings is 1. The van der Waals surface area contributed by atoms with Gasteiger partial charge < -0.3 is 25.0 Å². The van der Waals surface area contributed by atoms with Crippen molar-refractivity contribution in [3.63, 3.8) is 0 Å². The van der Waals surface area contributed by atoms with Crippen molar-refractivity contribution < 1.29 is 46.3 Å². The molecule has 3 aliphatic heterocycles. The fraction of sp³-hybridized carbons (Fsp3) is 0.553. The third kappa shape index (κ3) is 8.98. The molecule has 1 aliphatic carbocycles. The molecule has 2 aromatic rings. The number of benzene rings is 1. The highest BCUT2D eigenvalue weighted by Crippen LogP contribution is 2.46. The van der Waals surface area contributed by atoms with Gasteiger partial charge in [0.2, 0.25) is 11.8 Å². The molecule has 0 unspecified atom stereocenters. The molecule has 1 aromatic heterocycles. The van der Waals surface area contributed by atoms with Crippen LogP contribution >= 0.6 is 11.3 Å². The van der Waals surface area contributed by atoms with Gasteiger partial charge in [-0.1, -0.05) is 37.1 Å². The zero-order valence-corrected chi connectivity index (χ0v) is 33.2. The van der Waals surface area contributed by atoms with E-state index in [0.717, 1.165) is 11.3 Å². The summed E-state index contributed by atoms with van der Waals surface area (Å²) in [5, 5.41) is 5.47. The van der Waals surface area contributed by atoms with Gasteiger partial charge in [0.1, 0.15) is 40.0 Å². The third-order valence-corrected chi connectivity index (χ3v) is 12.9. The maximum atomic E-state index is 14.5. The maximum absolute atomic E-state index is 14.5. The zero-order valence-electron chi connectivity index (χ0n) is 31.6. The Kier molecular flexibility index (Phi) is 11.4. The predicted octanol–water partition coefficient (Wildman–Crippen LogP) is 4.72. The highest BCUT2D eigenvalue weighted by atomic mass is 32.2. The van der Waals surface area contributed by atoms with Gasteiger partial charge in [0.15, 0.2) is 0 Å². The molecule has 5 atom stereocenters. The van der Waals surface area contributed by atoms with Crippen molar-refractivity contribution in [1.29, 1.82) is 0 Å². The fourth-order valence-electron chi connectivity index (χ4n) is 7.48. The van der Waals surface area contributed by atoms with Crippen LogP contribution in [0.4, 0.5) is 14.0 Å². The van der Waals surface area contributed by atoms with Gasteiger partial charge in [-0.3, -0.25) is 19.3 Å². The van der Waals surface area contributed by atoms with Gasteiger partial charge in [-0.05, 0) is 78.0 Å². The smallest absolute Gasteiger partial charge is 0.410 e. The number of rotatable bonds is 5. The molecule has 14 nitrogen and oxygen atoms in total. The van der Waals surface area contributed by atoms with E-state index in [1.54, 1.807) is 52.8 Å². The number of ether oxygens (including phenoxy) is 2. The van der Waals surface area contributed by atoms with Crippen LogP contribution in [0.15, 0.2) is 41.3 Å². The van der Waals surface area contributed by atoms with Crippen molar-refractivity contribution in [2.75, 3.05) is 6.54 Å². The molecule has 1 saturated carbocycles. The molecule has 1 aromatic carbocycles. The van der Waals surface area contributed by atoms with Crippen LogP contribution in [-0.4, -0.2) is 84.0 Å². The SMILES string of the molecule is Cc1cc(S(=O)(=O)NC(=O)[C@@]23C[C@H]2/C=C\CCCCC[C@H](NC(=O)OC(C)(C)C)C(=O)N2C[C@H](OC(=O)N4Cc5cccc(F)c5C4)C[C@H]2C(=O)N3)c(C)s1. The Labute approximate surface area is 324 Å². The summed E-state index contributed by atoms with van der Waals surface area (Å²) >= 11 is 1.28. The van der Waals surface area contributed by atoms with Crippen LogP contribution in [0.25, 0.3) is 0 Å². The van der Waals surface area contributed by atoms with E-state index in [1.165, 1.54) is 33.3 Å². The van der Waals surface area contributed by atoms with Gasteiger partial charge in [0.25, 0.3) is 15.9 Å². The molecular weight excluding hydrogens is 754 g/mol. The molecule has 0 radical (unpaired) electrons. The number of fused-ring (bicyclic) bond motifs is 3. The summed E-state index contributed by atoms with van der Waals surface area (Å²) in [5.41, 5.74) is -1.46. The number of amides is 5. The molecule has 4 aliphatic rings. The van der Waals surface area contributed by atoms with Crippen molar-refractivity contribution in [3.05, 3.63) is 63.1 Å². The second-order valence-electron chi connectivity index (χ2n) is 15.7. The second kappa shape index (κ2) is 15.6. The summed E-state index contributed by atoms with van der Waals surface area (Å²) < 4.78 is 54.8. The van der Waals surface area contributed by atoms with Crippen molar-refractivity contribution in [2.45, 2.75) is 127 Å². The quantitative estimate of drug-likeness (QED) is 0.361. The molecule has 298 valence electrons. The molecule has 0 spiro atoms. The van der Waals surface area contributed by atoms with Crippen LogP contribution in [-0.2, 0) is 47.0 Å². The number of nitrogens with one attached hydrogen (secondary N) is 3. The molecule has 5 amide bonds. The van der Waals surface area contributed by atoms with Crippen molar-refractivity contribution >= 4 is 51.3 Å². The number of carbonyl (C=O) groups excluding carboxylic acids is 5. The van der Waals surface area contributed by atoms with E-state index < -0.39 is 81.0 Å². The first-order valence-corrected chi connectivity index (χ1v) is 20.8. The van der Waals surface area contributed by atoms with Crippen LogP contribution in [0, 0.1) is 25.6 Å². The number of carbonyl (C=O) groups is 5. The standard InChI is InChI=1S/C38H48FN5O9S2/c1-22-16-31(23(2)54-22)55(50,51)42-34(47)38-18-25(38)13-9-7-6-8-10-15-29(40-35(48)53-37(3,4)5)33(46)44-20-26(17-30(44)32(45)41-38)52-36(49)43-19-24-12-11-14-28(39)27(24)21-43/h9,11-14,16,25-26,29-30H,6-8,10,15,17-21H2,1-5H3,(H,40,48)(H,41,45)(H,42,47)/b13-9-/t25-,26-,29+,30+,38-/m1/s1. The van der Waals surface area contributed by atoms with E-state index >= 15 is 0 Å². The highest BCUT2D eigenvalue weighted by Gasteiger charge is 2.62. The van der Waals surface area contributed by atoms with E-state index in [4.69, 9.17) is 9.47 Å². The zero-order chi connectivity index (χ0) is 39.9. The van der Waals surface area contributed by atoms with Crippen molar-refractivity contribution in [1.82, 2.24) is 25.2 Å². The Morgan fingerprint density at radius 1 is 1.09 bits per heavy atom. The number of halogens is 1. The first-order chi connectivity index (χ1) is 25.9. The molecule has 55 heavy (non-hydrogen) atoms. The van der Waals surface area contributed by atoms with Gasteiger partial charge in [0, 0.05) is 34.2 Å². The summed E-state index contributed by atoms with van der Waals surface area (Å²) in [4.78, 5) is 72.8. The first-order valence-electron chi connectivity index (χ1n) is 18.5. The molecule has 4 heterocycles. The molecule has 0 bridgehead atoms. The topological polar surface area (TPSA) is 181 Å². The fourth-order valence-corrected chi connectivity index (χ4v) is 10.1. The van der Waals surface area contributed by atoms with Crippen LogP contribution in [0.3, 0.4) is 0 Å². The lowest BCUT2D eigenvalue weighted by Crippen LogP contribution is -2.58. The molecular formula is C38H48FN5O9S2. The maximum Gasteiger partial charge on any atom is 0.410 e. The van der Waals surface area contributed by atoms with E-state index in [9.17, 15) is 36.8 Å². The van der Waals surface area contributed by atoms with Crippen LogP contribution in [0.2, 0.25) is 0 Å². The van der Waals surface area contributed by atoms with Gasteiger partial charge in [-0.2, -0.15) is 0 Å². The molecule has 2 fully saturated rings. The van der Waals surface area contributed by atoms with Crippen LogP contribution < -0.4 is 15.4 Å². The predicted molar refractivity (Wildman–Crippen MR) is 200 cm³/mol. The van der Waals surface area contributed by atoms with Gasteiger partial charge >= 0.3 is 12.2 Å². The van der Waals surface area contributed by atoms with Crippen LogP contribution in [0.5, 0.6) is 0 Å². The van der Waals surface area contributed by atoms with Gasteiger partial charge in [0.05, 0.1) is 13.1 Å². The lowest BCUT2D eigenvalue weighted by atomic mass is 10.0. The Balaban J connectivity index is 1.27. The monoisotopic (exact) mass is 801 g/mol. The summed E-state index contributed by atoms with van der Waals surface area (Å²) in [5.74, 6) is -3.23. The lowest BCUT2D eigenvalue weighted by molar-refractivity contribution is -0.141. The largest absolute Gasteiger partial charge is 0.444 e. The van der Waals surface area contributed by atoms with E-state index in [0.29, 0.717) is 35.3 Å². The highest BCUT2D eigenvalue weighted by molar-refractivity contribution is 7.90. The summed E-state index contributed by atoms with van der Waals surface area (Å²) in [7, 11) is -4.29. The third-order valence-electron chi connectivity index (χ3n) is 10.3. The normalized spacial score (nSPS) is 26.4. The average molecular weight is 802 g/mol. The second-order valence-corrected chi connectivity index (χ2v) is 18.8. The van der Waals surface area contributed by atoms with E-state index in [1.807, 2.05) is 6.08 Å². The minimum atomic E-state index is -4.29.